The normalized spacial score (nSPS) is 10.9. The van der Waals surface area contributed by atoms with Gasteiger partial charge >= 0.3 is 0 Å². The minimum absolute atomic E-state index is 0.916. The van der Waals surface area contributed by atoms with Crippen molar-refractivity contribution in [1.29, 1.82) is 0 Å². The second kappa shape index (κ2) is 8.37. The minimum atomic E-state index is 0.916. The highest BCUT2D eigenvalue weighted by Gasteiger charge is 2.09. The third kappa shape index (κ3) is 4.74. The molecule has 24 heavy (non-hydrogen) atoms. The molecular formula is C21H23N3. The molecule has 0 saturated heterocycles. The fraction of sp³-hybridized carbons (Fsp3) is 0.238. The first-order valence-electron chi connectivity index (χ1n) is 8.38. The van der Waals surface area contributed by atoms with Gasteiger partial charge in [-0.05, 0) is 18.1 Å². The summed E-state index contributed by atoms with van der Waals surface area (Å²) in [4.78, 5) is 11.3. The number of aromatic nitrogens is 2. The van der Waals surface area contributed by atoms with E-state index in [-0.39, 0.29) is 0 Å². The SMILES string of the molecule is Cc1nccnc1CCN(Cc1ccccc1)Cc1ccccc1. The molecule has 0 aliphatic carbocycles. The Morgan fingerprint density at radius 3 is 1.83 bits per heavy atom. The molecule has 3 rings (SSSR count). The van der Waals surface area contributed by atoms with E-state index in [9.17, 15) is 0 Å². The maximum atomic E-state index is 4.48. The van der Waals surface area contributed by atoms with Gasteiger partial charge in [0.25, 0.3) is 0 Å². The summed E-state index contributed by atoms with van der Waals surface area (Å²) in [5.41, 5.74) is 4.79. The number of hydrogen-bond acceptors (Lipinski definition) is 3. The van der Waals surface area contributed by atoms with Crippen molar-refractivity contribution in [3.8, 4) is 0 Å². The summed E-state index contributed by atoms with van der Waals surface area (Å²) in [5.74, 6) is 0. The molecule has 0 amide bonds. The van der Waals surface area contributed by atoms with Gasteiger partial charge in [-0.15, -0.1) is 0 Å². The zero-order valence-electron chi connectivity index (χ0n) is 14.1. The second-order valence-corrected chi connectivity index (χ2v) is 6.02. The van der Waals surface area contributed by atoms with Crippen LogP contribution in [-0.2, 0) is 19.5 Å². The molecule has 0 radical (unpaired) electrons. The molecular weight excluding hydrogens is 294 g/mol. The number of hydrogen-bond donors (Lipinski definition) is 0. The van der Waals surface area contributed by atoms with Crippen LogP contribution in [0, 0.1) is 6.92 Å². The van der Waals surface area contributed by atoms with Gasteiger partial charge in [0, 0.05) is 38.4 Å². The van der Waals surface area contributed by atoms with E-state index in [1.807, 2.05) is 6.92 Å². The smallest absolute Gasteiger partial charge is 0.0628 e. The Labute approximate surface area is 144 Å². The molecule has 1 heterocycles. The number of rotatable bonds is 7. The highest BCUT2D eigenvalue weighted by molar-refractivity contribution is 5.17. The summed E-state index contributed by atoms with van der Waals surface area (Å²) >= 11 is 0. The standard InChI is InChI=1S/C21H23N3/c1-18-21(23-14-13-22-18)12-15-24(16-19-8-4-2-5-9-19)17-20-10-6-3-7-11-20/h2-11,13-14H,12,15-17H2,1H3. The lowest BCUT2D eigenvalue weighted by atomic mass is 10.1. The van der Waals surface area contributed by atoms with Crippen molar-refractivity contribution in [2.75, 3.05) is 6.54 Å². The van der Waals surface area contributed by atoms with Crippen molar-refractivity contribution < 1.29 is 0 Å². The predicted octanol–water partition coefficient (Wildman–Crippen LogP) is 4.03. The summed E-state index contributed by atoms with van der Waals surface area (Å²) in [6.45, 7) is 4.87. The van der Waals surface area contributed by atoms with E-state index in [2.05, 4.69) is 75.5 Å². The van der Waals surface area contributed by atoms with Crippen LogP contribution < -0.4 is 0 Å². The van der Waals surface area contributed by atoms with E-state index >= 15 is 0 Å². The largest absolute Gasteiger partial charge is 0.294 e. The van der Waals surface area contributed by atoms with E-state index in [1.54, 1.807) is 12.4 Å². The van der Waals surface area contributed by atoms with E-state index in [0.29, 0.717) is 0 Å². The van der Waals surface area contributed by atoms with Crippen LogP contribution in [-0.4, -0.2) is 21.4 Å². The highest BCUT2D eigenvalue weighted by atomic mass is 15.1. The molecule has 122 valence electrons. The molecule has 3 heteroatoms. The van der Waals surface area contributed by atoms with Crippen LogP contribution in [0.3, 0.4) is 0 Å². The van der Waals surface area contributed by atoms with Crippen LogP contribution in [0.4, 0.5) is 0 Å². The second-order valence-electron chi connectivity index (χ2n) is 6.02. The Morgan fingerprint density at radius 1 is 0.750 bits per heavy atom. The van der Waals surface area contributed by atoms with E-state index in [4.69, 9.17) is 0 Å². The van der Waals surface area contributed by atoms with Crippen molar-refractivity contribution in [2.24, 2.45) is 0 Å². The fourth-order valence-electron chi connectivity index (χ4n) is 2.84. The topological polar surface area (TPSA) is 29.0 Å². The van der Waals surface area contributed by atoms with E-state index in [1.165, 1.54) is 11.1 Å². The Hall–Kier alpha value is -2.52. The molecule has 0 aliphatic heterocycles. The Morgan fingerprint density at radius 2 is 1.29 bits per heavy atom. The van der Waals surface area contributed by atoms with Crippen LogP contribution >= 0.6 is 0 Å². The van der Waals surface area contributed by atoms with E-state index < -0.39 is 0 Å². The van der Waals surface area contributed by atoms with Crippen molar-refractivity contribution in [3.63, 3.8) is 0 Å². The van der Waals surface area contributed by atoms with E-state index in [0.717, 1.165) is 37.4 Å². The minimum Gasteiger partial charge on any atom is -0.294 e. The molecule has 0 unspecified atom stereocenters. The van der Waals surface area contributed by atoms with Crippen molar-refractivity contribution in [2.45, 2.75) is 26.4 Å². The van der Waals surface area contributed by atoms with Gasteiger partial charge in [-0.2, -0.15) is 0 Å². The van der Waals surface area contributed by atoms with Gasteiger partial charge in [-0.3, -0.25) is 14.9 Å². The van der Waals surface area contributed by atoms with Crippen molar-refractivity contribution in [1.82, 2.24) is 14.9 Å². The lowest BCUT2D eigenvalue weighted by Gasteiger charge is -2.22. The Bertz CT molecular complexity index is 700. The summed E-state index contributed by atoms with van der Waals surface area (Å²) in [6.07, 6.45) is 4.45. The number of aryl methyl sites for hydroxylation is 1. The molecule has 2 aromatic carbocycles. The van der Waals surface area contributed by atoms with Crippen molar-refractivity contribution in [3.05, 3.63) is 95.6 Å². The zero-order valence-corrected chi connectivity index (χ0v) is 14.1. The molecule has 1 aromatic heterocycles. The van der Waals surface area contributed by atoms with Gasteiger partial charge in [0.2, 0.25) is 0 Å². The zero-order chi connectivity index (χ0) is 16.6. The average molecular weight is 317 g/mol. The summed E-state index contributed by atoms with van der Waals surface area (Å²) < 4.78 is 0. The third-order valence-electron chi connectivity index (χ3n) is 4.15. The first kappa shape index (κ1) is 16.3. The third-order valence-corrected chi connectivity index (χ3v) is 4.15. The van der Waals surface area contributed by atoms with Crippen LogP contribution in [0.15, 0.2) is 73.1 Å². The lowest BCUT2D eigenvalue weighted by Crippen LogP contribution is -2.25. The van der Waals surface area contributed by atoms with Crippen LogP contribution in [0.2, 0.25) is 0 Å². The Kier molecular flexibility index (Phi) is 5.70. The Balaban J connectivity index is 1.70. The van der Waals surface area contributed by atoms with Gasteiger partial charge in [0.15, 0.2) is 0 Å². The molecule has 0 fully saturated rings. The van der Waals surface area contributed by atoms with Crippen LogP contribution in [0.5, 0.6) is 0 Å². The quantitative estimate of drug-likeness (QED) is 0.659. The summed E-state index contributed by atoms with van der Waals surface area (Å²) in [5, 5.41) is 0. The molecule has 0 atom stereocenters. The molecule has 0 spiro atoms. The maximum Gasteiger partial charge on any atom is 0.0628 e. The van der Waals surface area contributed by atoms with Gasteiger partial charge in [-0.25, -0.2) is 0 Å². The summed E-state index contributed by atoms with van der Waals surface area (Å²) in [7, 11) is 0. The molecule has 0 bridgehead atoms. The molecule has 0 N–H and O–H groups in total. The molecule has 3 nitrogen and oxygen atoms in total. The average Bonchev–Trinajstić information content (AvgIpc) is 2.62. The summed E-state index contributed by atoms with van der Waals surface area (Å²) in [6, 6.07) is 21.3. The van der Waals surface area contributed by atoms with Crippen molar-refractivity contribution >= 4 is 0 Å². The molecule has 0 saturated carbocycles. The van der Waals surface area contributed by atoms with Gasteiger partial charge < -0.3 is 0 Å². The predicted molar refractivity (Wildman–Crippen MR) is 97.5 cm³/mol. The highest BCUT2D eigenvalue weighted by Crippen LogP contribution is 2.11. The lowest BCUT2D eigenvalue weighted by molar-refractivity contribution is 0.259. The van der Waals surface area contributed by atoms with Gasteiger partial charge in [0.1, 0.15) is 0 Å². The molecule has 0 aliphatic rings. The van der Waals surface area contributed by atoms with Gasteiger partial charge in [-0.1, -0.05) is 60.7 Å². The number of benzene rings is 2. The maximum absolute atomic E-state index is 4.48. The van der Waals surface area contributed by atoms with Crippen LogP contribution in [0.25, 0.3) is 0 Å². The fourth-order valence-corrected chi connectivity index (χ4v) is 2.84. The first-order valence-corrected chi connectivity index (χ1v) is 8.38. The first-order chi connectivity index (χ1) is 11.8. The van der Waals surface area contributed by atoms with Crippen LogP contribution in [0.1, 0.15) is 22.5 Å². The monoisotopic (exact) mass is 317 g/mol. The number of nitrogens with zero attached hydrogens (tertiary/aromatic N) is 3. The molecule has 3 aromatic rings. The van der Waals surface area contributed by atoms with Gasteiger partial charge in [0.05, 0.1) is 11.4 Å².